The molecule has 12 heavy (non-hydrogen) atoms. The molecule has 0 saturated carbocycles. The maximum Gasteiger partial charge on any atom is 0.241 e. The van der Waals surface area contributed by atoms with Gasteiger partial charge in [0.05, 0.1) is 5.02 Å². The third-order valence-electron chi connectivity index (χ3n) is 1.26. The Hall–Kier alpha value is -0.650. The SMILES string of the molecule is CNS(=O)(=O)c1cncc(Cl)c1. The number of halogens is 1. The molecule has 0 aliphatic rings. The fourth-order valence-corrected chi connectivity index (χ4v) is 1.61. The van der Waals surface area contributed by atoms with Crippen LogP contribution < -0.4 is 4.72 Å². The van der Waals surface area contributed by atoms with Crippen LogP contribution in [0.4, 0.5) is 0 Å². The van der Waals surface area contributed by atoms with Gasteiger partial charge in [0, 0.05) is 12.4 Å². The summed E-state index contributed by atoms with van der Waals surface area (Å²) in [4.78, 5) is 3.71. The minimum absolute atomic E-state index is 0.0671. The van der Waals surface area contributed by atoms with Crippen LogP contribution in [0.5, 0.6) is 0 Å². The molecule has 1 aromatic rings. The Bertz CT molecular complexity index is 377. The van der Waals surface area contributed by atoms with E-state index in [1.165, 1.54) is 25.5 Å². The highest BCUT2D eigenvalue weighted by Gasteiger charge is 2.11. The lowest BCUT2D eigenvalue weighted by Gasteiger charge is -2.00. The summed E-state index contributed by atoms with van der Waals surface area (Å²) in [6.45, 7) is 0. The monoisotopic (exact) mass is 206 g/mol. The lowest BCUT2D eigenvalue weighted by atomic mass is 10.5. The van der Waals surface area contributed by atoms with Gasteiger partial charge in [-0.15, -0.1) is 0 Å². The molecular weight excluding hydrogens is 200 g/mol. The Labute approximate surface area is 75.6 Å². The van der Waals surface area contributed by atoms with E-state index in [0.717, 1.165) is 0 Å². The second kappa shape index (κ2) is 3.38. The summed E-state index contributed by atoms with van der Waals surface area (Å²) in [5, 5.41) is 0.298. The van der Waals surface area contributed by atoms with Gasteiger partial charge in [-0.1, -0.05) is 11.6 Å². The van der Waals surface area contributed by atoms with E-state index in [1.54, 1.807) is 0 Å². The smallest absolute Gasteiger partial charge is 0.241 e. The van der Waals surface area contributed by atoms with Gasteiger partial charge in [-0.3, -0.25) is 4.98 Å². The molecule has 0 unspecified atom stereocenters. The van der Waals surface area contributed by atoms with Crippen LogP contribution in [0.25, 0.3) is 0 Å². The van der Waals surface area contributed by atoms with Crippen molar-refractivity contribution in [1.82, 2.24) is 9.71 Å². The Balaban J connectivity index is 3.21. The highest BCUT2D eigenvalue weighted by Crippen LogP contribution is 2.12. The van der Waals surface area contributed by atoms with E-state index in [-0.39, 0.29) is 4.90 Å². The number of pyridine rings is 1. The van der Waals surface area contributed by atoms with Gasteiger partial charge in [0.2, 0.25) is 10.0 Å². The minimum Gasteiger partial charge on any atom is -0.262 e. The molecule has 0 amide bonds. The second-order valence-electron chi connectivity index (χ2n) is 2.05. The summed E-state index contributed by atoms with van der Waals surface area (Å²) in [7, 11) is -2.09. The molecule has 0 spiro atoms. The van der Waals surface area contributed by atoms with Gasteiger partial charge in [0.1, 0.15) is 4.90 Å². The van der Waals surface area contributed by atoms with Crippen molar-refractivity contribution in [3.8, 4) is 0 Å². The molecule has 0 atom stereocenters. The summed E-state index contributed by atoms with van der Waals surface area (Å²) in [5.41, 5.74) is 0. The van der Waals surface area contributed by atoms with Gasteiger partial charge in [-0.25, -0.2) is 13.1 Å². The molecule has 0 aliphatic carbocycles. The molecule has 1 N–H and O–H groups in total. The minimum atomic E-state index is -3.42. The fourth-order valence-electron chi connectivity index (χ4n) is 0.657. The third-order valence-corrected chi connectivity index (χ3v) is 2.85. The number of aromatic nitrogens is 1. The normalized spacial score (nSPS) is 11.5. The maximum atomic E-state index is 11.1. The molecule has 0 saturated heterocycles. The van der Waals surface area contributed by atoms with Gasteiger partial charge in [0.25, 0.3) is 0 Å². The molecule has 0 aliphatic heterocycles. The van der Waals surface area contributed by atoms with Crippen molar-refractivity contribution in [3.05, 3.63) is 23.5 Å². The highest BCUT2D eigenvalue weighted by molar-refractivity contribution is 7.89. The number of hydrogen-bond acceptors (Lipinski definition) is 3. The zero-order chi connectivity index (χ0) is 9.19. The molecule has 1 aromatic heterocycles. The molecule has 1 rings (SSSR count). The molecule has 66 valence electrons. The van der Waals surface area contributed by atoms with E-state index in [2.05, 4.69) is 9.71 Å². The summed E-state index contributed by atoms with van der Waals surface area (Å²) in [6, 6.07) is 1.33. The largest absolute Gasteiger partial charge is 0.262 e. The summed E-state index contributed by atoms with van der Waals surface area (Å²) >= 11 is 5.55. The van der Waals surface area contributed by atoms with Crippen LogP contribution >= 0.6 is 11.6 Å². The van der Waals surface area contributed by atoms with Crippen LogP contribution in [0.15, 0.2) is 23.4 Å². The summed E-state index contributed by atoms with van der Waals surface area (Å²) < 4.78 is 24.4. The standard InChI is InChI=1S/C6H7ClN2O2S/c1-8-12(10,11)6-2-5(7)3-9-4-6/h2-4,8H,1H3. The van der Waals surface area contributed by atoms with Crippen molar-refractivity contribution in [1.29, 1.82) is 0 Å². The molecule has 0 radical (unpaired) electrons. The van der Waals surface area contributed by atoms with E-state index in [9.17, 15) is 8.42 Å². The molecule has 1 heterocycles. The zero-order valence-corrected chi connectivity index (χ0v) is 7.85. The van der Waals surface area contributed by atoms with Crippen molar-refractivity contribution >= 4 is 21.6 Å². The predicted octanol–water partition coefficient (Wildman–Crippen LogP) is 0.643. The highest BCUT2D eigenvalue weighted by atomic mass is 35.5. The number of nitrogens with one attached hydrogen (secondary N) is 1. The van der Waals surface area contributed by atoms with Crippen LogP contribution in [0.2, 0.25) is 5.02 Å². The van der Waals surface area contributed by atoms with E-state index in [0.29, 0.717) is 5.02 Å². The Morgan fingerprint density at radius 3 is 2.67 bits per heavy atom. The van der Waals surface area contributed by atoms with Crippen molar-refractivity contribution in [3.63, 3.8) is 0 Å². The van der Waals surface area contributed by atoms with Crippen LogP contribution in [0, 0.1) is 0 Å². The topological polar surface area (TPSA) is 59.1 Å². The first-order chi connectivity index (χ1) is 5.56. The number of nitrogens with zero attached hydrogens (tertiary/aromatic N) is 1. The van der Waals surface area contributed by atoms with Crippen molar-refractivity contribution in [2.45, 2.75) is 4.90 Å². The van der Waals surface area contributed by atoms with E-state index in [1.807, 2.05) is 0 Å². The van der Waals surface area contributed by atoms with Crippen LogP contribution in [-0.4, -0.2) is 20.4 Å². The van der Waals surface area contributed by atoms with Crippen molar-refractivity contribution < 1.29 is 8.42 Å². The first-order valence-corrected chi connectivity index (χ1v) is 4.96. The maximum absolute atomic E-state index is 11.1. The quantitative estimate of drug-likeness (QED) is 0.773. The molecular formula is C6H7ClN2O2S. The lowest BCUT2D eigenvalue weighted by molar-refractivity contribution is 0.588. The van der Waals surface area contributed by atoms with Crippen LogP contribution in [0.1, 0.15) is 0 Å². The van der Waals surface area contributed by atoms with E-state index in [4.69, 9.17) is 11.6 Å². The van der Waals surface area contributed by atoms with Gasteiger partial charge in [-0.2, -0.15) is 0 Å². The van der Waals surface area contributed by atoms with Crippen molar-refractivity contribution in [2.24, 2.45) is 0 Å². The van der Waals surface area contributed by atoms with Crippen molar-refractivity contribution in [2.75, 3.05) is 7.05 Å². The Morgan fingerprint density at radius 2 is 2.17 bits per heavy atom. The number of rotatable bonds is 2. The molecule has 6 heteroatoms. The van der Waals surface area contributed by atoms with Crippen LogP contribution in [-0.2, 0) is 10.0 Å². The number of sulfonamides is 1. The van der Waals surface area contributed by atoms with E-state index < -0.39 is 10.0 Å². The number of hydrogen-bond donors (Lipinski definition) is 1. The molecule has 0 bridgehead atoms. The van der Waals surface area contributed by atoms with E-state index >= 15 is 0 Å². The summed E-state index contributed by atoms with van der Waals surface area (Å²) in [6.07, 6.45) is 2.61. The zero-order valence-electron chi connectivity index (χ0n) is 6.28. The molecule has 4 nitrogen and oxygen atoms in total. The average Bonchev–Trinajstić information content (AvgIpc) is 2.05. The van der Waals surface area contributed by atoms with Gasteiger partial charge in [-0.05, 0) is 13.1 Å². The Morgan fingerprint density at radius 1 is 1.50 bits per heavy atom. The predicted molar refractivity (Wildman–Crippen MR) is 45.5 cm³/mol. The summed E-state index contributed by atoms with van der Waals surface area (Å²) in [5.74, 6) is 0. The first kappa shape index (κ1) is 9.44. The van der Waals surface area contributed by atoms with Gasteiger partial charge in [0.15, 0.2) is 0 Å². The molecule has 0 fully saturated rings. The van der Waals surface area contributed by atoms with Gasteiger partial charge >= 0.3 is 0 Å². The Kier molecular flexibility index (Phi) is 2.66. The average molecular weight is 207 g/mol. The van der Waals surface area contributed by atoms with Crippen LogP contribution in [0.3, 0.4) is 0 Å². The second-order valence-corrected chi connectivity index (χ2v) is 4.37. The van der Waals surface area contributed by atoms with Gasteiger partial charge < -0.3 is 0 Å². The lowest BCUT2D eigenvalue weighted by Crippen LogP contribution is -2.18. The fraction of sp³-hybridized carbons (Fsp3) is 0.167. The molecule has 0 aromatic carbocycles. The third kappa shape index (κ3) is 1.94. The first-order valence-electron chi connectivity index (χ1n) is 3.10.